The Hall–Kier alpha value is -3.40. The summed E-state index contributed by atoms with van der Waals surface area (Å²) in [6.07, 6.45) is 0. The monoisotopic (exact) mass is 342 g/mol. The summed E-state index contributed by atoms with van der Waals surface area (Å²) in [6.45, 7) is 0.612. The van der Waals surface area contributed by atoms with Crippen LogP contribution < -0.4 is 5.32 Å². The first kappa shape index (κ1) is 14.9. The molecule has 2 heterocycles. The molecule has 0 aliphatic carbocycles. The summed E-state index contributed by atoms with van der Waals surface area (Å²) in [4.78, 5) is 4.67. The minimum absolute atomic E-state index is 0.265. The Morgan fingerprint density at radius 2 is 1.65 bits per heavy atom. The second-order valence-electron chi connectivity index (χ2n) is 6.30. The fourth-order valence-corrected chi connectivity index (χ4v) is 3.26. The molecule has 0 saturated carbocycles. The van der Waals surface area contributed by atoms with Crippen molar-refractivity contribution in [3.05, 3.63) is 84.3 Å². The molecule has 4 heteroatoms. The fourth-order valence-electron chi connectivity index (χ4n) is 3.26. The Morgan fingerprint density at radius 1 is 0.846 bits per heavy atom. The van der Waals surface area contributed by atoms with Gasteiger partial charge in [-0.1, -0.05) is 24.3 Å². The molecule has 26 heavy (non-hydrogen) atoms. The molecule has 0 aliphatic rings. The lowest BCUT2D eigenvalue weighted by Gasteiger charge is -2.07. The second-order valence-corrected chi connectivity index (χ2v) is 6.30. The number of pyridine rings is 1. The highest BCUT2D eigenvalue weighted by atomic mass is 19.1. The van der Waals surface area contributed by atoms with E-state index in [0.717, 1.165) is 38.6 Å². The lowest BCUT2D eigenvalue weighted by atomic mass is 10.1. The number of aromatic nitrogens is 1. The molecule has 0 radical (unpaired) electrons. The normalized spacial score (nSPS) is 11.4. The van der Waals surface area contributed by atoms with Crippen molar-refractivity contribution in [2.24, 2.45) is 0 Å². The molecule has 1 N–H and O–H groups in total. The lowest BCUT2D eigenvalue weighted by molar-refractivity contribution is 0.626. The van der Waals surface area contributed by atoms with Crippen molar-refractivity contribution in [2.75, 3.05) is 5.32 Å². The molecule has 0 saturated heterocycles. The van der Waals surface area contributed by atoms with E-state index in [1.165, 1.54) is 12.1 Å². The number of hydrogen-bond donors (Lipinski definition) is 1. The number of anilines is 1. The summed E-state index contributed by atoms with van der Waals surface area (Å²) in [5, 5.41) is 6.20. The number of benzene rings is 3. The van der Waals surface area contributed by atoms with Crippen LogP contribution in [-0.2, 0) is 6.54 Å². The van der Waals surface area contributed by atoms with Gasteiger partial charge in [0.25, 0.3) is 0 Å². The van der Waals surface area contributed by atoms with Crippen LogP contribution in [0.2, 0.25) is 0 Å². The zero-order valence-electron chi connectivity index (χ0n) is 13.9. The molecule has 0 spiro atoms. The average Bonchev–Trinajstić information content (AvgIpc) is 3.03. The summed E-state index contributed by atoms with van der Waals surface area (Å²) in [5.74, 6) is -0.265. The molecular weight excluding hydrogens is 327 g/mol. The van der Waals surface area contributed by atoms with Gasteiger partial charge < -0.3 is 9.73 Å². The van der Waals surface area contributed by atoms with Crippen molar-refractivity contribution < 1.29 is 8.81 Å². The van der Waals surface area contributed by atoms with Crippen LogP contribution in [0.5, 0.6) is 0 Å². The van der Waals surface area contributed by atoms with Crippen LogP contribution in [0.3, 0.4) is 0 Å². The van der Waals surface area contributed by atoms with Gasteiger partial charge in [-0.15, -0.1) is 0 Å². The molecule has 3 nitrogen and oxygen atoms in total. The third-order valence-corrected chi connectivity index (χ3v) is 4.56. The molecule has 0 unspecified atom stereocenters. The highest BCUT2D eigenvalue weighted by Gasteiger charge is 2.08. The van der Waals surface area contributed by atoms with Crippen LogP contribution in [0, 0.1) is 5.82 Å². The van der Waals surface area contributed by atoms with Gasteiger partial charge in [-0.3, -0.25) is 4.98 Å². The van der Waals surface area contributed by atoms with E-state index in [0.29, 0.717) is 12.1 Å². The summed E-state index contributed by atoms with van der Waals surface area (Å²) >= 11 is 0. The van der Waals surface area contributed by atoms with Crippen molar-refractivity contribution in [3.63, 3.8) is 0 Å². The maximum absolute atomic E-state index is 13.6. The molecule has 5 aromatic rings. The second kappa shape index (κ2) is 5.85. The largest absolute Gasteiger partial charge is 0.456 e. The number of halogens is 1. The van der Waals surface area contributed by atoms with Crippen LogP contribution in [0.4, 0.5) is 10.1 Å². The molecule has 0 amide bonds. The predicted molar refractivity (Wildman–Crippen MR) is 103 cm³/mol. The van der Waals surface area contributed by atoms with Gasteiger partial charge in [0.2, 0.25) is 0 Å². The molecule has 126 valence electrons. The van der Waals surface area contributed by atoms with E-state index in [2.05, 4.69) is 22.4 Å². The van der Waals surface area contributed by atoms with Crippen LogP contribution in [-0.4, -0.2) is 4.98 Å². The number of fused-ring (bicyclic) bond motifs is 4. The number of hydrogen-bond acceptors (Lipinski definition) is 3. The van der Waals surface area contributed by atoms with Gasteiger partial charge in [-0.05, 0) is 48.5 Å². The number of nitrogens with zero attached hydrogens (tertiary/aromatic N) is 1. The van der Waals surface area contributed by atoms with Gasteiger partial charge in [0.1, 0.15) is 17.0 Å². The van der Waals surface area contributed by atoms with Crippen LogP contribution in [0.15, 0.2) is 77.2 Å². The zero-order valence-corrected chi connectivity index (χ0v) is 13.9. The molecule has 2 aromatic heterocycles. The molecule has 5 rings (SSSR count). The molecular formula is C22H15FN2O. The number of rotatable bonds is 3. The Kier molecular flexibility index (Phi) is 3.35. The maximum Gasteiger partial charge on any atom is 0.135 e. The third-order valence-electron chi connectivity index (χ3n) is 4.56. The fraction of sp³-hybridized carbons (Fsp3) is 0.0455. The Balaban J connectivity index is 1.46. The van der Waals surface area contributed by atoms with Gasteiger partial charge >= 0.3 is 0 Å². The molecule has 0 fully saturated rings. The van der Waals surface area contributed by atoms with Crippen LogP contribution in [0.1, 0.15) is 5.69 Å². The lowest BCUT2D eigenvalue weighted by Crippen LogP contribution is -2.01. The van der Waals surface area contributed by atoms with E-state index in [-0.39, 0.29) is 5.82 Å². The highest BCUT2D eigenvalue weighted by molar-refractivity contribution is 6.05. The van der Waals surface area contributed by atoms with Crippen molar-refractivity contribution >= 4 is 38.5 Å². The summed E-state index contributed by atoms with van der Waals surface area (Å²) in [5.41, 5.74) is 4.33. The van der Waals surface area contributed by atoms with Crippen molar-refractivity contribution in [1.82, 2.24) is 4.98 Å². The van der Waals surface area contributed by atoms with Gasteiger partial charge in [-0.25, -0.2) is 4.39 Å². The summed E-state index contributed by atoms with van der Waals surface area (Å²) in [7, 11) is 0. The molecule has 3 aromatic carbocycles. The number of para-hydroxylation sites is 1. The van der Waals surface area contributed by atoms with E-state index < -0.39 is 0 Å². The first-order chi connectivity index (χ1) is 12.8. The minimum atomic E-state index is -0.265. The smallest absolute Gasteiger partial charge is 0.135 e. The quantitative estimate of drug-likeness (QED) is 0.444. The Bertz CT molecular complexity index is 1260. The van der Waals surface area contributed by atoms with Crippen LogP contribution in [0.25, 0.3) is 32.8 Å². The van der Waals surface area contributed by atoms with Crippen molar-refractivity contribution in [2.45, 2.75) is 6.54 Å². The first-order valence-corrected chi connectivity index (χ1v) is 8.47. The summed E-state index contributed by atoms with van der Waals surface area (Å²) < 4.78 is 19.3. The van der Waals surface area contributed by atoms with E-state index >= 15 is 0 Å². The summed E-state index contributed by atoms with van der Waals surface area (Å²) in [6, 6.07) is 22.6. The Labute approximate surface area is 149 Å². The van der Waals surface area contributed by atoms with E-state index in [1.54, 1.807) is 6.07 Å². The SMILES string of the molecule is Fc1ccc2oc3ccc(NCc4ccc5ccccc5n4)cc3c2c1. The highest BCUT2D eigenvalue weighted by Crippen LogP contribution is 2.31. The van der Waals surface area contributed by atoms with Crippen molar-refractivity contribution in [1.29, 1.82) is 0 Å². The average molecular weight is 342 g/mol. The number of furan rings is 1. The van der Waals surface area contributed by atoms with Gasteiger partial charge in [0.05, 0.1) is 17.8 Å². The Morgan fingerprint density at radius 3 is 2.58 bits per heavy atom. The van der Waals surface area contributed by atoms with Crippen molar-refractivity contribution in [3.8, 4) is 0 Å². The maximum atomic E-state index is 13.6. The predicted octanol–water partition coefficient (Wildman–Crippen LogP) is 5.89. The van der Waals surface area contributed by atoms with E-state index in [9.17, 15) is 4.39 Å². The number of nitrogens with one attached hydrogen (secondary N) is 1. The first-order valence-electron chi connectivity index (χ1n) is 8.47. The standard InChI is InChI=1S/C22H15FN2O/c23-15-6-9-21-18(11-15)19-12-16(8-10-22(19)26-21)24-13-17-7-5-14-3-1-2-4-20(14)25-17/h1-12,24H,13H2. The van der Waals surface area contributed by atoms with Gasteiger partial charge in [0, 0.05) is 21.8 Å². The molecule has 0 bridgehead atoms. The van der Waals surface area contributed by atoms with E-state index in [4.69, 9.17) is 4.42 Å². The minimum Gasteiger partial charge on any atom is -0.456 e. The van der Waals surface area contributed by atoms with E-state index in [1.807, 2.05) is 42.5 Å². The molecule has 0 atom stereocenters. The van der Waals surface area contributed by atoms with Crippen LogP contribution >= 0.6 is 0 Å². The zero-order chi connectivity index (χ0) is 17.5. The van der Waals surface area contributed by atoms with Gasteiger partial charge in [0.15, 0.2) is 0 Å². The third kappa shape index (κ3) is 2.56. The topological polar surface area (TPSA) is 38.1 Å². The molecule has 0 aliphatic heterocycles. The van der Waals surface area contributed by atoms with Gasteiger partial charge in [-0.2, -0.15) is 0 Å².